The molecule has 0 aliphatic carbocycles. The number of hydrogen-bond acceptors (Lipinski definition) is 5. The van der Waals surface area contributed by atoms with Crippen molar-refractivity contribution in [2.24, 2.45) is 0 Å². The van der Waals surface area contributed by atoms with Crippen LogP contribution in [0.3, 0.4) is 0 Å². The van der Waals surface area contributed by atoms with Crippen molar-refractivity contribution in [3.8, 4) is 5.75 Å². The minimum atomic E-state index is -1.29. The third-order valence-electron chi connectivity index (χ3n) is 6.27. The van der Waals surface area contributed by atoms with E-state index in [2.05, 4.69) is 15.6 Å². The van der Waals surface area contributed by atoms with E-state index in [9.17, 15) is 14.4 Å². The number of pyridine rings is 1. The monoisotopic (exact) mass is 476 g/mol. The topological polar surface area (TPSA) is 121 Å². The van der Waals surface area contributed by atoms with Crippen LogP contribution in [0.15, 0.2) is 54.7 Å². The molecule has 1 aliphatic heterocycles. The molecule has 3 aromatic rings. The molecule has 0 fully saturated rings. The summed E-state index contributed by atoms with van der Waals surface area (Å²) in [6.07, 6.45) is 1.61. The zero-order chi connectivity index (χ0) is 24.9. The number of methoxy groups -OCH3 is 1. The van der Waals surface area contributed by atoms with E-state index in [4.69, 9.17) is 9.84 Å². The molecule has 3 amide bonds. The number of aromatic nitrogens is 1. The van der Waals surface area contributed by atoms with Crippen LogP contribution in [0, 0.1) is 0 Å². The number of nitrogens with zero attached hydrogens (tertiary/aromatic N) is 2. The number of benzene rings is 2. The molecule has 1 aromatic heterocycles. The Morgan fingerprint density at radius 3 is 2.69 bits per heavy atom. The summed E-state index contributed by atoms with van der Waals surface area (Å²) in [5.74, 6) is -0.224. The maximum absolute atomic E-state index is 13.8. The number of carbonyl (C=O) groups is 3. The number of aryl methyl sites for hydroxylation is 1. The van der Waals surface area contributed by atoms with Gasteiger partial charge in [-0.15, -0.1) is 0 Å². The molecule has 35 heavy (non-hydrogen) atoms. The summed E-state index contributed by atoms with van der Waals surface area (Å²) in [7, 11) is 1.57. The Morgan fingerprint density at radius 2 is 1.94 bits per heavy atom. The number of fused-ring (bicyclic) bond motifs is 2. The number of carboxylic acid groups (broad SMARTS) is 1. The lowest BCUT2D eigenvalue weighted by Gasteiger charge is -2.28. The molecular weight excluding hydrogens is 448 g/mol. The first-order chi connectivity index (χ1) is 16.9. The number of nitrogens with one attached hydrogen (secondary N) is 2. The molecule has 0 radical (unpaired) electrons. The van der Waals surface area contributed by atoms with Gasteiger partial charge in [0.25, 0.3) is 0 Å². The summed E-state index contributed by atoms with van der Waals surface area (Å²) in [6.45, 7) is 1.93. The van der Waals surface area contributed by atoms with E-state index >= 15 is 0 Å². The second-order valence-electron chi connectivity index (χ2n) is 8.39. The van der Waals surface area contributed by atoms with E-state index in [1.54, 1.807) is 25.1 Å². The third kappa shape index (κ3) is 5.03. The van der Waals surface area contributed by atoms with Gasteiger partial charge in [-0.2, -0.15) is 0 Å². The number of carbonyl (C=O) groups excluding carboxylic acids is 2. The predicted molar refractivity (Wildman–Crippen MR) is 131 cm³/mol. The number of anilines is 1. The van der Waals surface area contributed by atoms with Gasteiger partial charge in [0.2, 0.25) is 11.8 Å². The molecule has 0 saturated heterocycles. The second kappa shape index (κ2) is 10.4. The molecule has 4 rings (SSSR count). The maximum atomic E-state index is 13.8. The fourth-order valence-electron chi connectivity index (χ4n) is 4.46. The molecule has 1 aliphatic rings. The summed E-state index contributed by atoms with van der Waals surface area (Å²) in [5, 5.41) is 14.9. The van der Waals surface area contributed by atoms with Gasteiger partial charge in [-0.05, 0) is 37.0 Å². The first-order valence-electron chi connectivity index (χ1n) is 11.5. The van der Waals surface area contributed by atoms with Gasteiger partial charge in [0, 0.05) is 16.6 Å². The molecular formula is C26H28N4O5. The first-order valence-corrected chi connectivity index (χ1v) is 11.5. The lowest BCUT2D eigenvalue weighted by Crippen LogP contribution is -2.53. The maximum Gasteiger partial charge on any atom is 0.405 e. The zero-order valence-corrected chi connectivity index (χ0v) is 19.7. The van der Waals surface area contributed by atoms with Crippen LogP contribution in [-0.4, -0.2) is 47.2 Å². The van der Waals surface area contributed by atoms with E-state index in [1.165, 1.54) is 0 Å². The quantitative estimate of drug-likeness (QED) is 0.481. The Balaban J connectivity index is 1.71. The Hall–Kier alpha value is -4.14. The summed E-state index contributed by atoms with van der Waals surface area (Å²) in [6, 6.07) is 13.6. The Morgan fingerprint density at radius 1 is 1.20 bits per heavy atom. The third-order valence-corrected chi connectivity index (χ3v) is 6.27. The molecule has 182 valence electrons. The van der Waals surface area contributed by atoms with Gasteiger partial charge in [-0.3, -0.25) is 14.6 Å². The zero-order valence-electron chi connectivity index (χ0n) is 19.7. The molecule has 9 nitrogen and oxygen atoms in total. The number of ether oxygens (including phenoxy) is 1. The van der Waals surface area contributed by atoms with E-state index in [-0.39, 0.29) is 18.9 Å². The Bertz CT molecular complexity index is 1260. The van der Waals surface area contributed by atoms with E-state index in [0.29, 0.717) is 18.6 Å². The van der Waals surface area contributed by atoms with Crippen molar-refractivity contribution in [3.63, 3.8) is 0 Å². The minimum Gasteiger partial charge on any atom is -0.495 e. The number of hydrogen-bond donors (Lipinski definition) is 3. The van der Waals surface area contributed by atoms with Crippen molar-refractivity contribution < 1.29 is 24.2 Å². The molecule has 9 heteroatoms. The average molecular weight is 477 g/mol. The highest BCUT2D eigenvalue weighted by Crippen LogP contribution is 2.33. The molecule has 2 aromatic carbocycles. The fourth-order valence-corrected chi connectivity index (χ4v) is 4.46. The summed E-state index contributed by atoms with van der Waals surface area (Å²) < 4.78 is 5.59. The minimum absolute atomic E-state index is 0.221. The largest absolute Gasteiger partial charge is 0.495 e. The van der Waals surface area contributed by atoms with Gasteiger partial charge in [-0.25, -0.2) is 4.79 Å². The van der Waals surface area contributed by atoms with E-state index in [1.807, 2.05) is 48.5 Å². The van der Waals surface area contributed by atoms with Gasteiger partial charge >= 0.3 is 6.09 Å². The van der Waals surface area contributed by atoms with Crippen LogP contribution in [0.2, 0.25) is 0 Å². The van der Waals surface area contributed by atoms with Crippen LogP contribution in [0.5, 0.6) is 5.75 Å². The van der Waals surface area contributed by atoms with Crippen molar-refractivity contribution in [1.29, 1.82) is 0 Å². The van der Waals surface area contributed by atoms with E-state index in [0.717, 1.165) is 27.7 Å². The van der Waals surface area contributed by atoms with Crippen molar-refractivity contribution in [1.82, 2.24) is 15.6 Å². The second-order valence-corrected chi connectivity index (χ2v) is 8.39. The van der Waals surface area contributed by atoms with Crippen molar-refractivity contribution >= 4 is 34.5 Å². The van der Waals surface area contributed by atoms with Crippen LogP contribution in [0.1, 0.15) is 30.9 Å². The Labute approximate surface area is 203 Å². The van der Waals surface area contributed by atoms with Crippen LogP contribution < -0.4 is 20.3 Å². The highest BCUT2D eigenvalue weighted by atomic mass is 16.5. The average Bonchev–Trinajstić information content (AvgIpc) is 2.99. The molecule has 0 unspecified atom stereocenters. The SMILES string of the molecule is CC[C@H](NC(=O)O)C(=O)N[C@H]1CCc2ccccc2N(Cc2c(OC)cnc3ccccc23)C1=O. The standard InChI is InChI=1S/C26H28N4O5/c1-3-19(29-26(33)34)24(31)28-21-13-12-16-8-4-7-11-22(16)30(25(21)32)15-18-17-9-5-6-10-20(17)27-14-23(18)35-2/h4-11,14,19,21,29H,3,12-13,15H2,1-2H3,(H,28,31)(H,33,34)/t19-,21-/m0/s1. The summed E-state index contributed by atoms with van der Waals surface area (Å²) in [4.78, 5) is 43.8. The number of para-hydroxylation sites is 2. The van der Waals surface area contributed by atoms with Crippen LogP contribution in [-0.2, 0) is 22.6 Å². The lowest BCUT2D eigenvalue weighted by molar-refractivity contribution is -0.128. The summed E-state index contributed by atoms with van der Waals surface area (Å²) in [5.41, 5.74) is 3.36. The van der Waals surface area contributed by atoms with Crippen molar-refractivity contribution in [2.45, 2.75) is 44.8 Å². The molecule has 2 atom stereocenters. The summed E-state index contributed by atoms with van der Waals surface area (Å²) >= 11 is 0. The molecule has 0 spiro atoms. The molecule has 3 N–H and O–H groups in total. The fraction of sp³-hybridized carbons (Fsp3) is 0.308. The normalized spacial score (nSPS) is 16.2. The van der Waals surface area contributed by atoms with Crippen molar-refractivity contribution in [3.05, 3.63) is 65.9 Å². The lowest BCUT2D eigenvalue weighted by atomic mass is 10.1. The number of rotatable bonds is 7. The van der Waals surface area contributed by atoms with Crippen LogP contribution in [0.25, 0.3) is 10.9 Å². The smallest absolute Gasteiger partial charge is 0.405 e. The van der Waals surface area contributed by atoms with Crippen LogP contribution >= 0.6 is 0 Å². The predicted octanol–water partition coefficient (Wildman–Crippen LogP) is 3.25. The van der Waals surface area contributed by atoms with Crippen molar-refractivity contribution in [2.75, 3.05) is 12.0 Å². The van der Waals surface area contributed by atoms with E-state index < -0.39 is 24.1 Å². The van der Waals surface area contributed by atoms with Gasteiger partial charge in [-0.1, -0.05) is 43.3 Å². The van der Waals surface area contributed by atoms with Gasteiger partial charge in [0.05, 0.1) is 25.4 Å². The van der Waals surface area contributed by atoms with Crippen LogP contribution in [0.4, 0.5) is 10.5 Å². The highest BCUT2D eigenvalue weighted by molar-refractivity contribution is 6.01. The molecule has 2 heterocycles. The molecule has 0 bridgehead atoms. The van der Waals surface area contributed by atoms with Gasteiger partial charge in [0.15, 0.2) is 0 Å². The highest BCUT2D eigenvalue weighted by Gasteiger charge is 2.33. The molecule has 0 saturated carbocycles. The number of amides is 3. The van der Waals surface area contributed by atoms with Gasteiger partial charge in [0.1, 0.15) is 17.8 Å². The Kier molecular flexibility index (Phi) is 7.14. The first kappa shape index (κ1) is 24.0. The van der Waals surface area contributed by atoms with Gasteiger partial charge < -0.3 is 25.4 Å².